The summed E-state index contributed by atoms with van der Waals surface area (Å²) in [5.41, 5.74) is 1.14. The number of aromatic nitrogens is 3. The van der Waals surface area contributed by atoms with Gasteiger partial charge in [0.1, 0.15) is 11.1 Å². The normalized spacial score (nSPS) is 15.0. The smallest absolute Gasteiger partial charge is 0.240 e. The van der Waals surface area contributed by atoms with Gasteiger partial charge < -0.3 is 10.7 Å². The highest BCUT2D eigenvalue weighted by Crippen LogP contribution is 2.37. The topological polar surface area (TPSA) is 77.0 Å². The van der Waals surface area contributed by atoms with E-state index in [0.29, 0.717) is 5.16 Å². The van der Waals surface area contributed by atoms with E-state index in [1.54, 1.807) is 18.2 Å². The fraction of sp³-hybridized carbons (Fsp3) is 0.250. The van der Waals surface area contributed by atoms with Crippen LogP contribution < -0.4 is 5.84 Å². The molecule has 0 aliphatic carbocycles. The zero-order valence-electron chi connectivity index (χ0n) is 15.2. The van der Waals surface area contributed by atoms with Crippen molar-refractivity contribution < 1.29 is 9.18 Å². The fourth-order valence-corrected chi connectivity index (χ4v) is 4.32. The Morgan fingerprint density at radius 3 is 2.43 bits per heavy atom. The van der Waals surface area contributed by atoms with E-state index in [-0.39, 0.29) is 17.3 Å². The second kappa shape index (κ2) is 8.02. The zero-order chi connectivity index (χ0) is 19.5. The molecule has 1 unspecified atom stereocenters. The minimum Gasteiger partial charge on any atom is -0.341 e. The second-order valence-corrected chi connectivity index (χ2v) is 7.67. The number of nitrogens with zero attached hydrogens (tertiary/aromatic N) is 4. The van der Waals surface area contributed by atoms with Crippen molar-refractivity contribution in [3.63, 3.8) is 0 Å². The molecule has 1 aromatic heterocycles. The van der Waals surface area contributed by atoms with Gasteiger partial charge in [0.15, 0.2) is 5.82 Å². The summed E-state index contributed by atoms with van der Waals surface area (Å²) in [6.07, 6.45) is 2.03. The molecule has 3 aromatic rings. The number of benzene rings is 2. The molecule has 0 radical (unpaired) electrons. The summed E-state index contributed by atoms with van der Waals surface area (Å²) in [7, 11) is 0. The Morgan fingerprint density at radius 1 is 1.04 bits per heavy atom. The highest BCUT2D eigenvalue weighted by Gasteiger charge is 2.30. The maximum Gasteiger partial charge on any atom is 0.240 e. The molecular formula is C20H20FN5OS. The molecule has 1 saturated heterocycles. The first kappa shape index (κ1) is 18.5. The molecule has 144 valence electrons. The van der Waals surface area contributed by atoms with Crippen LogP contribution in [-0.2, 0) is 4.79 Å². The lowest BCUT2D eigenvalue weighted by atomic mass is 10.1. The lowest BCUT2D eigenvalue weighted by Gasteiger charge is -2.22. The van der Waals surface area contributed by atoms with Crippen LogP contribution in [0.4, 0.5) is 4.39 Å². The van der Waals surface area contributed by atoms with Gasteiger partial charge in [-0.15, -0.1) is 10.2 Å². The standard InChI is InChI=1S/C20H20FN5OS/c21-16-11-5-4-10-15(16)18-23-24-20(26(18)22)28-17(14-8-2-1-3-9-14)19(27)25-12-6-7-13-25/h1-5,8-11,17H,6-7,12-13,22H2. The summed E-state index contributed by atoms with van der Waals surface area (Å²) < 4.78 is 15.4. The van der Waals surface area contributed by atoms with E-state index >= 15 is 0 Å². The molecular weight excluding hydrogens is 377 g/mol. The summed E-state index contributed by atoms with van der Waals surface area (Å²) in [5.74, 6) is 5.99. The van der Waals surface area contributed by atoms with E-state index in [1.807, 2.05) is 35.2 Å². The van der Waals surface area contributed by atoms with Gasteiger partial charge in [0, 0.05) is 13.1 Å². The van der Waals surface area contributed by atoms with Gasteiger partial charge in [0.25, 0.3) is 0 Å². The van der Waals surface area contributed by atoms with Crippen molar-refractivity contribution in [3.8, 4) is 11.4 Å². The lowest BCUT2D eigenvalue weighted by molar-refractivity contribution is -0.129. The van der Waals surface area contributed by atoms with Gasteiger partial charge >= 0.3 is 0 Å². The third-order valence-corrected chi connectivity index (χ3v) is 5.95. The van der Waals surface area contributed by atoms with E-state index in [2.05, 4.69) is 10.2 Å². The molecule has 6 nitrogen and oxygen atoms in total. The van der Waals surface area contributed by atoms with Crippen molar-refractivity contribution in [2.75, 3.05) is 18.9 Å². The second-order valence-electron chi connectivity index (χ2n) is 6.60. The summed E-state index contributed by atoms with van der Waals surface area (Å²) in [4.78, 5) is 15.0. The fourth-order valence-electron chi connectivity index (χ4n) is 3.28. The molecule has 0 saturated carbocycles. The Labute approximate surface area is 166 Å². The van der Waals surface area contributed by atoms with Gasteiger partial charge in [-0.25, -0.2) is 9.07 Å². The number of carbonyl (C=O) groups is 1. The van der Waals surface area contributed by atoms with E-state index in [0.717, 1.165) is 31.5 Å². The number of hydrogen-bond donors (Lipinski definition) is 1. The van der Waals surface area contributed by atoms with E-state index in [9.17, 15) is 9.18 Å². The molecule has 2 N–H and O–H groups in total. The third kappa shape index (κ3) is 3.60. The molecule has 28 heavy (non-hydrogen) atoms. The molecule has 0 bridgehead atoms. The molecule has 2 heterocycles. The Hall–Kier alpha value is -2.87. The Balaban J connectivity index is 1.66. The minimum absolute atomic E-state index is 0.0316. The van der Waals surface area contributed by atoms with Crippen LogP contribution in [0.2, 0.25) is 0 Å². The van der Waals surface area contributed by atoms with Gasteiger partial charge in [-0.05, 0) is 30.5 Å². The van der Waals surface area contributed by atoms with Crippen LogP contribution in [0.5, 0.6) is 0 Å². The number of amides is 1. The molecule has 1 aliphatic heterocycles. The zero-order valence-corrected chi connectivity index (χ0v) is 16.0. The van der Waals surface area contributed by atoms with Crippen molar-refractivity contribution in [1.82, 2.24) is 19.8 Å². The molecule has 1 aliphatic rings. The molecule has 1 amide bonds. The van der Waals surface area contributed by atoms with E-state index in [1.165, 1.54) is 22.5 Å². The van der Waals surface area contributed by atoms with Gasteiger partial charge in [0.2, 0.25) is 11.1 Å². The first-order valence-corrected chi connectivity index (χ1v) is 9.99. The number of nitrogen functional groups attached to an aromatic ring is 1. The van der Waals surface area contributed by atoms with Crippen LogP contribution in [-0.4, -0.2) is 38.8 Å². The largest absolute Gasteiger partial charge is 0.341 e. The highest BCUT2D eigenvalue weighted by molar-refractivity contribution is 8.00. The number of nitrogens with two attached hydrogens (primary N) is 1. The summed E-state index contributed by atoms with van der Waals surface area (Å²) in [5, 5.41) is 8.05. The van der Waals surface area contributed by atoms with Gasteiger partial charge in [-0.2, -0.15) is 0 Å². The first-order chi connectivity index (χ1) is 13.6. The molecule has 0 spiro atoms. The van der Waals surface area contributed by atoms with Crippen molar-refractivity contribution in [2.45, 2.75) is 23.2 Å². The quantitative estimate of drug-likeness (QED) is 0.528. The number of hydrogen-bond acceptors (Lipinski definition) is 5. The van der Waals surface area contributed by atoms with Crippen molar-refractivity contribution in [3.05, 3.63) is 66.0 Å². The predicted octanol–water partition coefficient (Wildman–Crippen LogP) is 3.25. The van der Waals surface area contributed by atoms with Crippen LogP contribution in [0.1, 0.15) is 23.7 Å². The minimum atomic E-state index is -0.487. The van der Waals surface area contributed by atoms with Crippen molar-refractivity contribution in [2.24, 2.45) is 0 Å². The van der Waals surface area contributed by atoms with Crippen molar-refractivity contribution >= 4 is 17.7 Å². The predicted molar refractivity (Wildman–Crippen MR) is 106 cm³/mol. The van der Waals surface area contributed by atoms with Gasteiger partial charge in [-0.3, -0.25) is 4.79 Å². The van der Waals surface area contributed by atoms with Crippen LogP contribution in [0.3, 0.4) is 0 Å². The Bertz CT molecular complexity index is 972. The molecule has 4 rings (SSSR count). The number of likely N-dealkylation sites (tertiary alicyclic amines) is 1. The monoisotopic (exact) mass is 397 g/mol. The Kier molecular flexibility index (Phi) is 5.29. The highest BCUT2D eigenvalue weighted by atomic mass is 32.2. The van der Waals surface area contributed by atoms with Gasteiger partial charge in [-0.1, -0.05) is 54.2 Å². The first-order valence-electron chi connectivity index (χ1n) is 9.11. The SMILES string of the molecule is Nn1c(SC(C(=O)N2CCCC2)c2ccccc2)nnc1-c1ccccc1F. The molecule has 2 aromatic carbocycles. The maximum atomic E-state index is 14.1. The average molecular weight is 397 g/mol. The number of carbonyl (C=O) groups excluding carboxylic acids is 1. The van der Waals surface area contributed by atoms with Gasteiger partial charge in [0.05, 0.1) is 5.56 Å². The van der Waals surface area contributed by atoms with Crippen LogP contribution in [0, 0.1) is 5.82 Å². The third-order valence-electron chi connectivity index (χ3n) is 4.75. The molecule has 8 heteroatoms. The average Bonchev–Trinajstić information content (AvgIpc) is 3.37. The summed E-state index contributed by atoms with van der Waals surface area (Å²) in [6, 6.07) is 15.8. The summed E-state index contributed by atoms with van der Waals surface area (Å²) >= 11 is 1.24. The van der Waals surface area contributed by atoms with E-state index < -0.39 is 11.1 Å². The Morgan fingerprint density at radius 2 is 1.71 bits per heavy atom. The van der Waals surface area contributed by atoms with Crippen LogP contribution in [0.25, 0.3) is 11.4 Å². The van der Waals surface area contributed by atoms with Crippen LogP contribution >= 0.6 is 11.8 Å². The lowest BCUT2D eigenvalue weighted by Crippen LogP contribution is -2.31. The number of halogens is 1. The number of rotatable bonds is 5. The summed E-state index contributed by atoms with van der Waals surface area (Å²) in [6.45, 7) is 1.52. The van der Waals surface area contributed by atoms with Crippen molar-refractivity contribution in [1.29, 1.82) is 0 Å². The van der Waals surface area contributed by atoms with Crippen LogP contribution in [0.15, 0.2) is 59.8 Å². The molecule has 1 atom stereocenters. The van der Waals surface area contributed by atoms with E-state index in [4.69, 9.17) is 5.84 Å². The number of thioether (sulfide) groups is 1. The maximum absolute atomic E-state index is 14.1. The molecule has 1 fully saturated rings.